The van der Waals surface area contributed by atoms with Gasteiger partial charge >= 0.3 is 0 Å². The van der Waals surface area contributed by atoms with Crippen molar-refractivity contribution in [2.45, 2.75) is 27.3 Å². The molecule has 2 N–H and O–H groups in total. The first-order valence-electron chi connectivity index (χ1n) is 9.12. The van der Waals surface area contributed by atoms with Crippen LogP contribution >= 0.6 is 0 Å². The average Bonchev–Trinajstić information content (AvgIpc) is 2.56. The van der Waals surface area contributed by atoms with Crippen LogP contribution in [-0.4, -0.2) is 69.5 Å². The van der Waals surface area contributed by atoms with Crippen molar-refractivity contribution >= 4 is 11.9 Å². The maximum atomic E-state index is 11.9. The summed E-state index contributed by atoms with van der Waals surface area (Å²) in [6.07, 6.45) is 0. The highest BCUT2D eigenvalue weighted by Crippen LogP contribution is 2.14. The first kappa shape index (κ1) is 22.0. The normalized spacial score (nSPS) is 12.2. The second-order valence-electron chi connectivity index (χ2n) is 7.85. The molecule has 1 amide bonds. The highest BCUT2D eigenvalue weighted by molar-refractivity contribution is 5.93. The molecule has 0 spiro atoms. The van der Waals surface area contributed by atoms with Crippen molar-refractivity contribution < 1.29 is 4.79 Å². The fraction of sp³-hybridized carbons (Fsp3) is 0.600. The Balaban J connectivity index is 2.70. The third-order valence-corrected chi connectivity index (χ3v) is 3.85. The summed E-state index contributed by atoms with van der Waals surface area (Å²) in [5, 5.41) is 6.72. The van der Waals surface area contributed by atoms with Crippen LogP contribution in [0.25, 0.3) is 0 Å². The van der Waals surface area contributed by atoms with Crippen molar-refractivity contribution in [3.05, 3.63) is 35.4 Å². The van der Waals surface area contributed by atoms with Crippen LogP contribution in [0.1, 0.15) is 36.7 Å². The number of aliphatic imine (C=N–C) groups is 1. The number of hydrogen-bond donors (Lipinski definition) is 2. The molecule has 0 bridgehead atoms. The molecule has 0 saturated heterocycles. The third-order valence-electron chi connectivity index (χ3n) is 3.85. The molecule has 0 aliphatic rings. The SMILES string of the molecule is CCNC(=NCc1ccc(C(=O)N(C)C)cc1)NCC(C)(C)CN(C)C. The quantitative estimate of drug-likeness (QED) is 0.549. The van der Waals surface area contributed by atoms with E-state index in [1.807, 2.05) is 24.3 Å². The predicted molar refractivity (Wildman–Crippen MR) is 110 cm³/mol. The first-order chi connectivity index (χ1) is 12.1. The van der Waals surface area contributed by atoms with Gasteiger partial charge in [0, 0.05) is 39.3 Å². The minimum absolute atomic E-state index is 0.0122. The summed E-state index contributed by atoms with van der Waals surface area (Å²) in [5.41, 5.74) is 1.91. The Kier molecular flexibility index (Phi) is 8.58. The zero-order chi connectivity index (χ0) is 19.7. The second kappa shape index (κ2) is 10.2. The van der Waals surface area contributed by atoms with Gasteiger partial charge in [0.25, 0.3) is 5.91 Å². The molecule has 146 valence electrons. The Bertz CT molecular complexity index is 591. The molecule has 6 nitrogen and oxygen atoms in total. The molecule has 0 saturated carbocycles. The van der Waals surface area contributed by atoms with Gasteiger partial charge in [0.2, 0.25) is 0 Å². The van der Waals surface area contributed by atoms with Crippen LogP contribution in [-0.2, 0) is 6.54 Å². The van der Waals surface area contributed by atoms with Crippen molar-refractivity contribution in [3.63, 3.8) is 0 Å². The summed E-state index contributed by atoms with van der Waals surface area (Å²) in [6.45, 7) is 9.77. The highest BCUT2D eigenvalue weighted by atomic mass is 16.2. The van der Waals surface area contributed by atoms with Gasteiger partial charge in [0.1, 0.15) is 0 Å². The minimum atomic E-state index is 0.0122. The molecule has 0 aromatic heterocycles. The highest BCUT2D eigenvalue weighted by Gasteiger charge is 2.19. The van der Waals surface area contributed by atoms with Crippen LogP contribution in [0.2, 0.25) is 0 Å². The number of carbonyl (C=O) groups excluding carboxylic acids is 1. The Morgan fingerprint density at radius 1 is 1.08 bits per heavy atom. The second-order valence-corrected chi connectivity index (χ2v) is 7.85. The molecule has 0 aliphatic carbocycles. The van der Waals surface area contributed by atoms with E-state index < -0.39 is 0 Å². The fourth-order valence-electron chi connectivity index (χ4n) is 2.76. The van der Waals surface area contributed by atoms with Gasteiger partial charge in [0.05, 0.1) is 6.54 Å². The average molecular weight is 362 g/mol. The van der Waals surface area contributed by atoms with E-state index in [-0.39, 0.29) is 11.3 Å². The van der Waals surface area contributed by atoms with Crippen LogP contribution in [0.5, 0.6) is 0 Å². The van der Waals surface area contributed by atoms with E-state index >= 15 is 0 Å². The standard InChI is InChI=1S/C20H35N5O/c1-8-21-19(23-14-20(2,3)15-24(4)5)22-13-16-9-11-17(12-10-16)18(26)25(6)7/h9-12H,8,13-15H2,1-7H3,(H2,21,22,23). The molecule has 1 aromatic carbocycles. The van der Waals surface area contributed by atoms with Crippen molar-refractivity contribution in [2.75, 3.05) is 47.8 Å². The maximum absolute atomic E-state index is 11.9. The zero-order valence-electron chi connectivity index (χ0n) is 17.4. The number of nitrogens with one attached hydrogen (secondary N) is 2. The predicted octanol–water partition coefficient (Wildman–Crippen LogP) is 2.03. The molecule has 0 unspecified atom stereocenters. The van der Waals surface area contributed by atoms with E-state index in [0.29, 0.717) is 12.1 Å². The summed E-state index contributed by atoms with van der Waals surface area (Å²) in [5.74, 6) is 0.825. The van der Waals surface area contributed by atoms with Gasteiger partial charge in [-0.25, -0.2) is 4.99 Å². The number of guanidine groups is 1. The van der Waals surface area contributed by atoms with Crippen LogP contribution in [0, 0.1) is 5.41 Å². The van der Waals surface area contributed by atoms with Crippen LogP contribution in [0.3, 0.4) is 0 Å². The van der Waals surface area contributed by atoms with Crippen LogP contribution < -0.4 is 10.6 Å². The van der Waals surface area contributed by atoms with Crippen LogP contribution in [0.4, 0.5) is 0 Å². The number of carbonyl (C=O) groups is 1. The summed E-state index contributed by atoms with van der Waals surface area (Å²) < 4.78 is 0. The fourth-order valence-corrected chi connectivity index (χ4v) is 2.76. The van der Waals surface area contributed by atoms with Gasteiger partial charge < -0.3 is 20.4 Å². The number of rotatable bonds is 8. The molecule has 0 fully saturated rings. The van der Waals surface area contributed by atoms with E-state index in [9.17, 15) is 4.79 Å². The number of benzene rings is 1. The van der Waals surface area contributed by atoms with E-state index in [1.54, 1.807) is 19.0 Å². The molecular formula is C20H35N5O. The lowest BCUT2D eigenvalue weighted by Gasteiger charge is -2.29. The van der Waals surface area contributed by atoms with Gasteiger partial charge in [-0.1, -0.05) is 26.0 Å². The van der Waals surface area contributed by atoms with Crippen molar-refractivity contribution in [1.29, 1.82) is 0 Å². The van der Waals surface area contributed by atoms with Gasteiger partial charge in [-0.15, -0.1) is 0 Å². The van der Waals surface area contributed by atoms with Crippen molar-refractivity contribution in [2.24, 2.45) is 10.4 Å². The molecule has 0 heterocycles. The number of hydrogen-bond acceptors (Lipinski definition) is 3. The summed E-state index contributed by atoms with van der Waals surface area (Å²) in [6, 6.07) is 7.63. The van der Waals surface area contributed by atoms with Gasteiger partial charge in [-0.05, 0) is 44.1 Å². The van der Waals surface area contributed by atoms with Crippen molar-refractivity contribution in [1.82, 2.24) is 20.4 Å². The smallest absolute Gasteiger partial charge is 0.253 e. The molecule has 0 radical (unpaired) electrons. The maximum Gasteiger partial charge on any atom is 0.253 e. The summed E-state index contributed by atoms with van der Waals surface area (Å²) in [7, 11) is 7.69. The Labute approximate surface area is 158 Å². The first-order valence-corrected chi connectivity index (χ1v) is 9.12. The van der Waals surface area contributed by atoms with Gasteiger partial charge in [-0.2, -0.15) is 0 Å². The largest absolute Gasteiger partial charge is 0.357 e. The molecule has 26 heavy (non-hydrogen) atoms. The van der Waals surface area contributed by atoms with Crippen molar-refractivity contribution in [3.8, 4) is 0 Å². The molecule has 0 atom stereocenters. The van der Waals surface area contributed by atoms with E-state index in [4.69, 9.17) is 0 Å². The lowest BCUT2D eigenvalue weighted by atomic mass is 9.93. The zero-order valence-corrected chi connectivity index (χ0v) is 17.4. The third kappa shape index (κ3) is 7.87. The Hall–Kier alpha value is -2.08. The van der Waals surface area contributed by atoms with E-state index in [1.165, 1.54) is 0 Å². The lowest BCUT2D eigenvalue weighted by molar-refractivity contribution is 0.0827. The van der Waals surface area contributed by atoms with Crippen LogP contribution in [0.15, 0.2) is 29.3 Å². The minimum Gasteiger partial charge on any atom is -0.357 e. The topological polar surface area (TPSA) is 60.0 Å². The lowest BCUT2D eigenvalue weighted by Crippen LogP contribution is -2.44. The molecule has 0 aliphatic heterocycles. The Morgan fingerprint density at radius 3 is 2.19 bits per heavy atom. The number of nitrogens with zero attached hydrogens (tertiary/aromatic N) is 3. The summed E-state index contributed by atoms with van der Waals surface area (Å²) in [4.78, 5) is 20.4. The molecule has 1 rings (SSSR count). The molecule has 6 heteroatoms. The molecule has 1 aromatic rings. The molecular weight excluding hydrogens is 326 g/mol. The number of amides is 1. The summed E-state index contributed by atoms with van der Waals surface area (Å²) >= 11 is 0. The van der Waals surface area contributed by atoms with E-state index in [2.05, 4.69) is 55.4 Å². The van der Waals surface area contributed by atoms with E-state index in [0.717, 1.165) is 31.2 Å². The van der Waals surface area contributed by atoms with Gasteiger partial charge in [-0.3, -0.25) is 4.79 Å². The Morgan fingerprint density at radius 2 is 1.69 bits per heavy atom. The van der Waals surface area contributed by atoms with Gasteiger partial charge in [0.15, 0.2) is 5.96 Å². The monoisotopic (exact) mass is 361 g/mol.